The van der Waals surface area contributed by atoms with Gasteiger partial charge in [0.2, 0.25) is 5.91 Å². The Balaban J connectivity index is 2.00. The molecule has 1 aliphatic carbocycles. The van der Waals surface area contributed by atoms with Crippen molar-refractivity contribution in [3.63, 3.8) is 0 Å². The summed E-state index contributed by atoms with van der Waals surface area (Å²) in [5, 5.41) is 3.14. The SMILES string of the molecule is Cc1cc(C(F)(F)F)nc2nc(NC(=O)C3CC3)ccc12. The fraction of sp³-hybridized carbons (Fsp3) is 0.357. The first-order valence-electron chi connectivity index (χ1n) is 6.51. The van der Waals surface area contributed by atoms with Crippen molar-refractivity contribution in [3.8, 4) is 0 Å². The van der Waals surface area contributed by atoms with Crippen molar-refractivity contribution in [2.45, 2.75) is 25.9 Å². The van der Waals surface area contributed by atoms with Gasteiger partial charge in [0.05, 0.1) is 0 Å². The third-order valence-electron chi connectivity index (χ3n) is 3.37. The van der Waals surface area contributed by atoms with Gasteiger partial charge in [-0.25, -0.2) is 9.97 Å². The number of carbonyl (C=O) groups is 1. The number of anilines is 1. The minimum Gasteiger partial charge on any atom is -0.310 e. The molecule has 0 radical (unpaired) electrons. The van der Waals surface area contributed by atoms with Crippen molar-refractivity contribution in [1.82, 2.24) is 9.97 Å². The Labute approximate surface area is 118 Å². The van der Waals surface area contributed by atoms with E-state index in [0.29, 0.717) is 10.9 Å². The van der Waals surface area contributed by atoms with Crippen LogP contribution in [0, 0.1) is 12.8 Å². The van der Waals surface area contributed by atoms with Crippen LogP contribution in [-0.4, -0.2) is 15.9 Å². The van der Waals surface area contributed by atoms with E-state index in [9.17, 15) is 18.0 Å². The molecular formula is C14H12F3N3O. The van der Waals surface area contributed by atoms with Crippen LogP contribution in [0.4, 0.5) is 19.0 Å². The summed E-state index contributed by atoms with van der Waals surface area (Å²) >= 11 is 0. The molecular weight excluding hydrogens is 283 g/mol. The minimum atomic E-state index is -4.52. The standard InChI is InChI=1S/C14H12F3N3O/c1-7-6-10(14(15,16)17)18-12-9(7)4-5-11(19-12)20-13(21)8-2-3-8/h4-6,8H,2-3H2,1H3,(H,18,19,20,21). The van der Waals surface area contributed by atoms with Crippen molar-refractivity contribution in [2.24, 2.45) is 5.92 Å². The van der Waals surface area contributed by atoms with Crippen LogP contribution in [0.15, 0.2) is 18.2 Å². The van der Waals surface area contributed by atoms with Crippen LogP contribution in [0.2, 0.25) is 0 Å². The van der Waals surface area contributed by atoms with Crippen LogP contribution in [-0.2, 0) is 11.0 Å². The van der Waals surface area contributed by atoms with Crippen molar-refractivity contribution in [3.05, 3.63) is 29.5 Å². The number of aromatic nitrogens is 2. The Bertz CT molecular complexity index is 723. The predicted molar refractivity (Wildman–Crippen MR) is 70.6 cm³/mol. The lowest BCUT2D eigenvalue weighted by Crippen LogP contribution is -2.15. The molecule has 1 saturated carbocycles. The van der Waals surface area contributed by atoms with Gasteiger partial charge in [-0.05, 0) is 43.5 Å². The molecule has 1 N–H and O–H groups in total. The van der Waals surface area contributed by atoms with Crippen molar-refractivity contribution < 1.29 is 18.0 Å². The normalized spacial score (nSPS) is 15.2. The van der Waals surface area contributed by atoms with E-state index in [1.165, 1.54) is 0 Å². The number of halogens is 3. The zero-order valence-corrected chi connectivity index (χ0v) is 11.2. The van der Waals surface area contributed by atoms with Gasteiger partial charge in [0.25, 0.3) is 0 Å². The van der Waals surface area contributed by atoms with Crippen LogP contribution < -0.4 is 5.32 Å². The second-order valence-corrected chi connectivity index (χ2v) is 5.15. The van der Waals surface area contributed by atoms with Gasteiger partial charge in [-0.15, -0.1) is 0 Å². The number of nitrogens with one attached hydrogen (secondary N) is 1. The van der Waals surface area contributed by atoms with E-state index in [1.54, 1.807) is 19.1 Å². The van der Waals surface area contributed by atoms with Gasteiger partial charge in [-0.2, -0.15) is 13.2 Å². The summed E-state index contributed by atoms with van der Waals surface area (Å²) in [7, 11) is 0. The molecule has 4 nitrogen and oxygen atoms in total. The van der Waals surface area contributed by atoms with Crippen LogP contribution in [0.25, 0.3) is 11.0 Å². The molecule has 110 valence electrons. The van der Waals surface area contributed by atoms with Crippen LogP contribution >= 0.6 is 0 Å². The number of carbonyl (C=O) groups excluding carboxylic acids is 1. The molecule has 7 heteroatoms. The number of aryl methyl sites for hydroxylation is 1. The lowest BCUT2D eigenvalue weighted by atomic mass is 10.1. The number of hydrogen-bond donors (Lipinski definition) is 1. The van der Waals surface area contributed by atoms with Gasteiger partial charge in [0, 0.05) is 11.3 Å². The van der Waals surface area contributed by atoms with Crippen LogP contribution in [0.5, 0.6) is 0 Å². The van der Waals surface area contributed by atoms with Crippen molar-refractivity contribution in [2.75, 3.05) is 5.32 Å². The number of fused-ring (bicyclic) bond motifs is 1. The fourth-order valence-corrected chi connectivity index (χ4v) is 2.06. The minimum absolute atomic E-state index is 0.00120. The molecule has 0 atom stereocenters. The molecule has 2 heterocycles. The lowest BCUT2D eigenvalue weighted by molar-refractivity contribution is -0.141. The molecule has 21 heavy (non-hydrogen) atoms. The number of rotatable bonds is 2. The number of amides is 1. The lowest BCUT2D eigenvalue weighted by Gasteiger charge is -2.10. The Morgan fingerprint density at radius 3 is 2.62 bits per heavy atom. The molecule has 0 aromatic carbocycles. The molecule has 2 aromatic heterocycles. The molecule has 2 aromatic rings. The quantitative estimate of drug-likeness (QED) is 0.924. The van der Waals surface area contributed by atoms with Gasteiger partial charge in [-0.1, -0.05) is 0 Å². The van der Waals surface area contributed by atoms with Gasteiger partial charge < -0.3 is 5.32 Å². The highest BCUT2D eigenvalue weighted by atomic mass is 19.4. The molecule has 0 unspecified atom stereocenters. The molecule has 0 saturated heterocycles. The number of nitrogens with zero attached hydrogens (tertiary/aromatic N) is 2. The second kappa shape index (κ2) is 4.68. The first-order valence-corrected chi connectivity index (χ1v) is 6.51. The summed E-state index contributed by atoms with van der Waals surface area (Å²) in [5.74, 6) is 0.0786. The summed E-state index contributed by atoms with van der Waals surface area (Å²) < 4.78 is 38.3. The zero-order valence-electron chi connectivity index (χ0n) is 11.2. The topological polar surface area (TPSA) is 54.9 Å². The maximum atomic E-state index is 12.8. The summed E-state index contributed by atoms with van der Waals surface area (Å²) in [6.07, 6.45) is -2.84. The molecule has 0 bridgehead atoms. The average molecular weight is 295 g/mol. The highest BCUT2D eigenvalue weighted by molar-refractivity contribution is 5.94. The van der Waals surface area contributed by atoms with E-state index in [0.717, 1.165) is 18.9 Å². The molecule has 1 fully saturated rings. The first kappa shape index (κ1) is 13.8. The molecule has 1 amide bonds. The highest BCUT2D eigenvalue weighted by Crippen LogP contribution is 2.32. The Kier molecular flexibility index (Phi) is 3.07. The van der Waals surface area contributed by atoms with Gasteiger partial charge in [0.15, 0.2) is 5.65 Å². The van der Waals surface area contributed by atoms with Crippen LogP contribution in [0.3, 0.4) is 0 Å². The van der Waals surface area contributed by atoms with E-state index in [1.807, 2.05) is 0 Å². The predicted octanol–water partition coefficient (Wildman–Crippen LogP) is 3.31. The average Bonchev–Trinajstić information content (AvgIpc) is 3.21. The molecule has 3 rings (SSSR count). The Morgan fingerprint density at radius 1 is 1.29 bits per heavy atom. The smallest absolute Gasteiger partial charge is 0.310 e. The van der Waals surface area contributed by atoms with Crippen LogP contribution in [0.1, 0.15) is 24.1 Å². The van der Waals surface area contributed by atoms with E-state index in [-0.39, 0.29) is 23.3 Å². The largest absolute Gasteiger partial charge is 0.433 e. The summed E-state index contributed by atoms with van der Waals surface area (Å²) in [6, 6.07) is 4.18. The molecule has 0 aliphatic heterocycles. The maximum Gasteiger partial charge on any atom is 0.433 e. The van der Waals surface area contributed by atoms with Gasteiger partial charge >= 0.3 is 6.18 Å². The van der Waals surface area contributed by atoms with Crippen molar-refractivity contribution >= 4 is 22.8 Å². The van der Waals surface area contributed by atoms with Gasteiger partial charge in [-0.3, -0.25) is 4.79 Å². The third-order valence-corrected chi connectivity index (χ3v) is 3.37. The maximum absolute atomic E-state index is 12.8. The summed E-state index contributed by atoms with van der Waals surface area (Å²) in [6.45, 7) is 1.57. The second-order valence-electron chi connectivity index (χ2n) is 5.15. The van der Waals surface area contributed by atoms with E-state index >= 15 is 0 Å². The van der Waals surface area contributed by atoms with E-state index in [4.69, 9.17) is 0 Å². The summed E-state index contributed by atoms with van der Waals surface area (Å²) in [4.78, 5) is 19.2. The molecule has 1 aliphatic rings. The zero-order chi connectivity index (χ0) is 15.2. The number of hydrogen-bond acceptors (Lipinski definition) is 3. The number of pyridine rings is 2. The Hall–Kier alpha value is -2.18. The monoisotopic (exact) mass is 295 g/mol. The van der Waals surface area contributed by atoms with E-state index in [2.05, 4.69) is 15.3 Å². The first-order chi connectivity index (χ1) is 9.84. The summed E-state index contributed by atoms with van der Waals surface area (Å²) in [5.41, 5.74) is -0.554. The molecule has 0 spiro atoms. The van der Waals surface area contributed by atoms with Crippen molar-refractivity contribution in [1.29, 1.82) is 0 Å². The van der Waals surface area contributed by atoms with Gasteiger partial charge in [0.1, 0.15) is 11.5 Å². The number of alkyl halides is 3. The van der Waals surface area contributed by atoms with E-state index < -0.39 is 11.9 Å². The fourth-order valence-electron chi connectivity index (χ4n) is 2.06. The highest BCUT2D eigenvalue weighted by Gasteiger charge is 2.33. The Morgan fingerprint density at radius 2 is 2.00 bits per heavy atom. The third kappa shape index (κ3) is 2.81.